The van der Waals surface area contributed by atoms with Crippen LogP contribution in [0, 0.1) is 6.92 Å². The lowest BCUT2D eigenvalue weighted by Gasteiger charge is -2.22. The number of carbonyl (C=O) groups excluding carboxylic acids is 1. The van der Waals surface area contributed by atoms with Crippen LogP contribution in [0.25, 0.3) is 17.1 Å². The maximum atomic E-state index is 13.2. The van der Waals surface area contributed by atoms with E-state index in [1.165, 1.54) is 17.3 Å². The van der Waals surface area contributed by atoms with Crippen molar-refractivity contribution in [2.45, 2.75) is 31.5 Å². The number of nitrogens with zero attached hydrogens (tertiary/aromatic N) is 4. The van der Waals surface area contributed by atoms with Crippen molar-refractivity contribution in [1.29, 1.82) is 0 Å². The number of benzene rings is 3. The average Bonchev–Trinajstić information content (AvgIpc) is 3.38. The zero-order valence-corrected chi connectivity index (χ0v) is 18.9. The molecule has 1 aromatic heterocycles. The van der Waals surface area contributed by atoms with Crippen molar-refractivity contribution in [3.63, 3.8) is 0 Å². The molecule has 5 rings (SSSR count). The van der Waals surface area contributed by atoms with Crippen LogP contribution in [0.5, 0.6) is 0 Å². The van der Waals surface area contributed by atoms with Gasteiger partial charge in [0.2, 0.25) is 5.91 Å². The molecular weight excluding hydrogens is 416 g/mol. The standard InChI is InChI=1S/C26H24N4OS/c1-18-9-8-11-21(15-18)25-27-28-26(30(25)22-12-4-3-5-13-22)32-17-24(31)29-19(2)16-20-10-6-7-14-23(20)29/h3-15,19H,16-17H2,1-2H3. The van der Waals surface area contributed by atoms with Crippen molar-refractivity contribution >= 4 is 23.4 Å². The van der Waals surface area contributed by atoms with Crippen LogP contribution in [-0.2, 0) is 11.2 Å². The third kappa shape index (κ3) is 3.82. The molecule has 1 aliphatic heterocycles. The van der Waals surface area contributed by atoms with Gasteiger partial charge in [-0.3, -0.25) is 9.36 Å². The molecule has 0 saturated carbocycles. The van der Waals surface area contributed by atoms with E-state index in [1.807, 2.05) is 70.1 Å². The molecule has 1 amide bonds. The summed E-state index contributed by atoms with van der Waals surface area (Å²) in [5.41, 5.74) is 5.39. The molecule has 0 aliphatic carbocycles. The minimum atomic E-state index is 0.0900. The summed E-state index contributed by atoms with van der Waals surface area (Å²) in [5, 5.41) is 9.67. The van der Waals surface area contributed by atoms with Gasteiger partial charge in [0.05, 0.1) is 5.75 Å². The highest BCUT2D eigenvalue weighted by Gasteiger charge is 2.30. The van der Waals surface area contributed by atoms with Crippen LogP contribution in [0.4, 0.5) is 5.69 Å². The number of aromatic nitrogens is 3. The van der Waals surface area contributed by atoms with Crippen LogP contribution in [-0.4, -0.2) is 32.5 Å². The van der Waals surface area contributed by atoms with E-state index >= 15 is 0 Å². The highest BCUT2D eigenvalue weighted by Crippen LogP contribution is 2.33. The highest BCUT2D eigenvalue weighted by atomic mass is 32.2. The molecule has 5 nitrogen and oxygen atoms in total. The molecule has 0 saturated heterocycles. The van der Waals surface area contributed by atoms with Gasteiger partial charge in [0, 0.05) is 23.0 Å². The number of carbonyl (C=O) groups is 1. The van der Waals surface area contributed by atoms with E-state index < -0.39 is 0 Å². The van der Waals surface area contributed by atoms with E-state index in [1.54, 1.807) is 0 Å². The summed E-state index contributed by atoms with van der Waals surface area (Å²) in [5.74, 6) is 1.17. The lowest BCUT2D eigenvalue weighted by atomic mass is 10.1. The first-order valence-corrected chi connectivity index (χ1v) is 11.7. The van der Waals surface area contributed by atoms with E-state index in [0.717, 1.165) is 34.7 Å². The second-order valence-corrected chi connectivity index (χ2v) is 9.02. The molecule has 0 radical (unpaired) electrons. The minimum absolute atomic E-state index is 0.0900. The number of para-hydroxylation sites is 2. The third-order valence-corrected chi connectivity index (χ3v) is 6.64. The zero-order chi connectivity index (χ0) is 22.1. The number of hydrogen-bond acceptors (Lipinski definition) is 4. The Morgan fingerprint density at radius 2 is 1.78 bits per heavy atom. The van der Waals surface area contributed by atoms with E-state index in [0.29, 0.717) is 10.9 Å². The highest BCUT2D eigenvalue weighted by molar-refractivity contribution is 7.99. The number of amides is 1. The van der Waals surface area contributed by atoms with Crippen LogP contribution in [0.2, 0.25) is 0 Å². The molecule has 32 heavy (non-hydrogen) atoms. The summed E-state index contributed by atoms with van der Waals surface area (Å²) in [6.07, 6.45) is 0.893. The van der Waals surface area contributed by atoms with Crippen molar-refractivity contribution in [3.05, 3.63) is 90.0 Å². The fraction of sp³-hybridized carbons (Fsp3) is 0.192. The van der Waals surface area contributed by atoms with Gasteiger partial charge < -0.3 is 4.90 Å². The van der Waals surface area contributed by atoms with Crippen LogP contribution in [0.1, 0.15) is 18.1 Å². The number of hydrogen-bond donors (Lipinski definition) is 0. The molecular formula is C26H24N4OS. The quantitative estimate of drug-likeness (QED) is 0.395. The Morgan fingerprint density at radius 3 is 2.59 bits per heavy atom. The van der Waals surface area contributed by atoms with Crippen LogP contribution < -0.4 is 4.90 Å². The van der Waals surface area contributed by atoms with Crippen LogP contribution in [0.15, 0.2) is 84.0 Å². The third-order valence-electron chi connectivity index (χ3n) is 5.72. The molecule has 0 spiro atoms. The Bertz CT molecular complexity index is 1270. The Balaban J connectivity index is 1.45. The average molecular weight is 441 g/mol. The predicted molar refractivity (Wildman–Crippen MR) is 129 cm³/mol. The van der Waals surface area contributed by atoms with Crippen molar-refractivity contribution in [2.24, 2.45) is 0 Å². The topological polar surface area (TPSA) is 51.0 Å². The lowest BCUT2D eigenvalue weighted by Crippen LogP contribution is -2.37. The Hall–Kier alpha value is -3.38. The van der Waals surface area contributed by atoms with E-state index in [4.69, 9.17) is 0 Å². The summed E-state index contributed by atoms with van der Waals surface area (Å²) in [4.78, 5) is 15.1. The van der Waals surface area contributed by atoms with Crippen LogP contribution >= 0.6 is 11.8 Å². The first kappa shape index (κ1) is 20.5. The summed E-state index contributed by atoms with van der Waals surface area (Å²) in [6, 6.07) is 26.6. The van der Waals surface area contributed by atoms with Gasteiger partial charge in [0.1, 0.15) is 0 Å². The minimum Gasteiger partial charge on any atom is -0.308 e. The predicted octanol–water partition coefficient (Wildman–Crippen LogP) is 5.31. The zero-order valence-electron chi connectivity index (χ0n) is 18.1. The maximum absolute atomic E-state index is 13.2. The Kier molecular flexibility index (Phi) is 5.53. The van der Waals surface area contributed by atoms with E-state index in [-0.39, 0.29) is 11.9 Å². The van der Waals surface area contributed by atoms with Gasteiger partial charge in [-0.05, 0) is 50.1 Å². The second-order valence-electron chi connectivity index (χ2n) is 8.08. The van der Waals surface area contributed by atoms with Gasteiger partial charge in [-0.2, -0.15) is 0 Å². The SMILES string of the molecule is Cc1cccc(-c2nnc(SCC(=O)N3c4ccccc4CC3C)n2-c2ccccc2)c1. The number of rotatable bonds is 5. The molecule has 6 heteroatoms. The monoisotopic (exact) mass is 440 g/mol. The Morgan fingerprint density at radius 1 is 1.00 bits per heavy atom. The van der Waals surface area contributed by atoms with Crippen molar-refractivity contribution in [3.8, 4) is 17.1 Å². The fourth-order valence-electron chi connectivity index (χ4n) is 4.29. The van der Waals surface area contributed by atoms with E-state index in [9.17, 15) is 4.79 Å². The second kappa shape index (κ2) is 8.63. The molecule has 0 N–H and O–H groups in total. The molecule has 3 aromatic carbocycles. The number of fused-ring (bicyclic) bond motifs is 1. The van der Waals surface area contributed by atoms with Crippen molar-refractivity contribution < 1.29 is 4.79 Å². The number of anilines is 1. The largest absolute Gasteiger partial charge is 0.308 e. The first-order chi connectivity index (χ1) is 15.6. The summed E-state index contributed by atoms with van der Waals surface area (Å²) in [7, 11) is 0. The molecule has 1 atom stereocenters. The summed E-state index contributed by atoms with van der Waals surface area (Å²) in [6.45, 7) is 4.17. The van der Waals surface area contributed by atoms with Crippen molar-refractivity contribution in [1.82, 2.24) is 14.8 Å². The fourth-order valence-corrected chi connectivity index (χ4v) is 5.10. The molecule has 1 aliphatic rings. The van der Waals surface area contributed by atoms with Gasteiger partial charge in [-0.25, -0.2) is 0 Å². The molecule has 2 heterocycles. The Labute approximate surface area is 192 Å². The summed E-state index contributed by atoms with van der Waals surface area (Å²) < 4.78 is 2.04. The number of aryl methyl sites for hydroxylation is 1. The van der Waals surface area contributed by atoms with Crippen molar-refractivity contribution in [2.75, 3.05) is 10.7 Å². The van der Waals surface area contributed by atoms with Crippen LogP contribution in [0.3, 0.4) is 0 Å². The first-order valence-electron chi connectivity index (χ1n) is 10.7. The maximum Gasteiger partial charge on any atom is 0.237 e. The molecule has 160 valence electrons. The smallest absolute Gasteiger partial charge is 0.237 e. The van der Waals surface area contributed by atoms with E-state index in [2.05, 4.69) is 42.2 Å². The van der Waals surface area contributed by atoms with Gasteiger partial charge in [0.25, 0.3) is 0 Å². The van der Waals surface area contributed by atoms with Gasteiger partial charge in [-0.15, -0.1) is 10.2 Å². The molecule has 1 unspecified atom stereocenters. The van der Waals surface area contributed by atoms with Gasteiger partial charge >= 0.3 is 0 Å². The molecule has 4 aromatic rings. The van der Waals surface area contributed by atoms with Gasteiger partial charge in [0.15, 0.2) is 11.0 Å². The molecule has 0 fully saturated rings. The normalized spacial score (nSPS) is 15.1. The number of thioether (sulfide) groups is 1. The summed E-state index contributed by atoms with van der Waals surface area (Å²) >= 11 is 1.43. The van der Waals surface area contributed by atoms with Gasteiger partial charge in [-0.1, -0.05) is 71.9 Å². The molecule has 0 bridgehead atoms. The lowest BCUT2D eigenvalue weighted by molar-refractivity contribution is -0.116.